The van der Waals surface area contributed by atoms with Gasteiger partial charge in [0, 0.05) is 17.8 Å². The van der Waals surface area contributed by atoms with E-state index in [0.29, 0.717) is 25.1 Å². The molecule has 0 radical (unpaired) electrons. The van der Waals surface area contributed by atoms with Gasteiger partial charge in [-0.1, -0.05) is 19.1 Å². The maximum Gasteiger partial charge on any atom is 0.252 e. The average Bonchev–Trinajstić information content (AvgIpc) is 3.36. The van der Waals surface area contributed by atoms with E-state index in [1.54, 1.807) is 24.1 Å². The number of nitrogens with zero attached hydrogens (tertiary/aromatic N) is 1. The molecule has 34 heavy (non-hydrogen) atoms. The fourth-order valence-corrected chi connectivity index (χ4v) is 8.13. The van der Waals surface area contributed by atoms with Gasteiger partial charge in [-0.05, 0) is 69.3 Å². The Morgan fingerprint density at radius 3 is 2.71 bits per heavy atom. The zero-order chi connectivity index (χ0) is 25.0. The van der Waals surface area contributed by atoms with E-state index in [9.17, 15) is 19.8 Å². The van der Waals surface area contributed by atoms with Crippen LogP contribution in [0, 0.1) is 5.92 Å². The Labute approximate surface area is 202 Å². The van der Waals surface area contributed by atoms with E-state index in [2.05, 4.69) is 5.32 Å². The maximum atomic E-state index is 15.4. The normalized spacial score (nSPS) is 28.2. The van der Waals surface area contributed by atoms with Crippen LogP contribution >= 0.6 is 0 Å². The lowest BCUT2D eigenvalue weighted by atomic mass is 9.95. The number of aliphatic hydroxyl groups is 2. The van der Waals surface area contributed by atoms with E-state index in [0.717, 1.165) is 18.4 Å². The summed E-state index contributed by atoms with van der Waals surface area (Å²) in [5.41, 5.74) is 1.36. The fourth-order valence-electron chi connectivity index (χ4n) is 5.58. The van der Waals surface area contributed by atoms with Gasteiger partial charge in [0.1, 0.15) is 6.10 Å². The summed E-state index contributed by atoms with van der Waals surface area (Å²) in [7, 11) is -3.09. The van der Waals surface area contributed by atoms with Crippen molar-refractivity contribution in [2.45, 2.75) is 88.9 Å². The van der Waals surface area contributed by atoms with Crippen LogP contribution in [0.1, 0.15) is 45.1 Å². The molecule has 0 aromatic heterocycles. The van der Waals surface area contributed by atoms with Gasteiger partial charge in [-0.3, -0.25) is 9.59 Å². The molecule has 9 heteroatoms. The zero-order valence-corrected chi connectivity index (χ0v) is 21.7. The third-order valence-corrected chi connectivity index (χ3v) is 9.75. The van der Waals surface area contributed by atoms with Gasteiger partial charge < -0.3 is 29.3 Å². The number of carbonyl (C=O) groups is 2. The summed E-state index contributed by atoms with van der Waals surface area (Å²) in [6, 6.07) is 7.31. The largest absolute Gasteiger partial charge is 0.394 e. The number of rotatable bonds is 9. The Morgan fingerprint density at radius 2 is 2.06 bits per heavy atom. The molecule has 2 saturated heterocycles. The Morgan fingerprint density at radius 1 is 1.32 bits per heavy atom. The van der Waals surface area contributed by atoms with E-state index < -0.39 is 26.5 Å². The molecule has 1 aromatic rings. The summed E-state index contributed by atoms with van der Waals surface area (Å²) in [6.07, 6.45) is 1.51. The predicted octanol–water partition coefficient (Wildman–Crippen LogP) is 3.26. The molecule has 0 bridgehead atoms. The summed E-state index contributed by atoms with van der Waals surface area (Å²) >= 11 is 0. The lowest BCUT2D eigenvalue weighted by Gasteiger charge is -2.30. The van der Waals surface area contributed by atoms with Gasteiger partial charge in [0.05, 0.1) is 31.3 Å². The number of nitrogens with one attached hydrogen (secondary N) is 1. The maximum absolute atomic E-state index is 15.4. The van der Waals surface area contributed by atoms with Crippen molar-refractivity contribution >= 4 is 25.9 Å². The number of aliphatic hydroxyl groups excluding tert-OH is 2. The quantitative estimate of drug-likeness (QED) is 0.362. The molecule has 2 fully saturated rings. The number of anilines is 1. The summed E-state index contributed by atoms with van der Waals surface area (Å²) in [6.45, 7) is 7.42. The fraction of sp³-hybridized carbons (Fsp3) is 0.680. The highest BCUT2D eigenvalue weighted by Gasteiger charge is 2.52. The van der Waals surface area contributed by atoms with Crippen LogP contribution in [-0.2, 0) is 20.7 Å². The number of benzene rings is 1. The van der Waals surface area contributed by atoms with Crippen LogP contribution in [0.5, 0.6) is 0 Å². The molecule has 2 aliphatic heterocycles. The Kier molecular flexibility index (Phi) is 8.89. The highest BCUT2D eigenvalue weighted by Crippen LogP contribution is 2.47. The van der Waals surface area contributed by atoms with E-state index in [4.69, 9.17) is 4.74 Å². The molecule has 3 rings (SSSR count). The number of likely N-dealkylation sites (tertiary alicyclic amines) is 1. The number of halogens is 1. The Bertz CT molecular complexity index is 862. The van der Waals surface area contributed by atoms with Gasteiger partial charge in [0.2, 0.25) is 14.3 Å². The molecule has 2 amide bonds. The molecule has 3 N–H and O–H groups in total. The second-order valence-corrected chi connectivity index (χ2v) is 14.1. The Hall–Kier alpha value is -1.81. The molecular formula is C25H39FN2O5Si. The van der Waals surface area contributed by atoms with E-state index in [1.807, 2.05) is 25.1 Å². The third-order valence-electron chi connectivity index (χ3n) is 7.27. The van der Waals surface area contributed by atoms with Gasteiger partial charge >= 0.3 is 0 Å². The van der Waals surface area contributed by atoms with Gasteiger partial charge in [-0.25, -0.2) is 0 Å². The van der Waals surface area contributed by atoms with Crippen molar-refractivity contribution in [3.8, 4) is 0 Å². The summed E-state index contributed by atoms with van der Waals surface area (Å²) in [5.74, 6) is -0.522. The number of ether oxygens (including phenoxy) is 1. The van der Waals surface area contributed by atoms with Crippen molar-refractivity contribution in [1.29, 1.82) is 0 Å². The van der Waals surface area contributed by atoms with Crippen LogP contribution in [-0.4, -0.2) is 72.8 Å². The average molecular weight is 495 g/mol. The number of carbonyl (C=O) groups excluding carboxylic acids is 2. The number of hydrogen-bond donors (Lipinski definition) is 3. The van der Waals surface area contributed by atoms with Crippen molar-refractivity contribution in [1.82, 2.24) is 4.90 Å². The van der Waals surface area contributed by atoms with Crippen LogP contribution < -0.4 is 5.32 Å². The molecule has 0 spiro atoms. The molecule has 0 unspecified atom stereocenters. The van der Waals surface area contributed by atoms with Crippen LogP contribution in [0.2, 0.25) is 18.6 Å². The summed E-state index contributed by atoms with van der Waals surface area (Å²) in [5, 5.41) is 21.7. The van der Waals surface area contributed by atoms with E-state index in [-0.39, 0.29) is 42.5 Å². The Balaban J connectivity index is 1.65. The first-order valence-corrected chi connectivity index (χ1v) is 15.3. The number of hydrogen-bond acceptors (Lipinski definition) is 5. The SMILES string of the molecule is C[C@@H]1[C@@H]([Si](C)(C)F)[C@H](CC(=O)N2CCC[C@H]2CO)O[C@@H]1CCc1cccc(NC(=O)[C@H](C)O)c1. The molecule has 7 nitrogen and oxygen atoms in total. The number of aryl methyl sites for hydroxylation is 1. The first-order chi connectivity index (χ1) is 16.0. The standard InChI is InChI=1S/C25H39FN2O5Si/c1-16-21(11-10-18-7-5-8-19(13-18)27-25(32)17(2)30)33-22(24(16)34(3,4)26)14-23(31)28-12-6-9-20(28)15-29/h5,7-8,13,16-17,20-22,24,29-30H,6,9-12,14-15H2,1-4H3,(H,27,32)/t16-,17-,20-,21+,22-,24+/m0/s1. The molecular weight excluding hydrogens is 455 g/mol. The van der Waals surface area contributed by atoms with Crippen molar-refractivity contribution in [3.05, 3.63) is 29.8 Å². The summed E-state index contributed by atoms with van der Waals surface area (Å²) in [4.78, 5) is 26.5. The minimum Gasteiger partial charge on any atom is -0.394 e. The second-order valence-electron chi connectivity index (χ2n) is 10.3. The van der Waals surface area contributed by atoms with Crippen LogP contribution in [0.4, 0.5) is 9.80 Å². The van der Waals surface area contributed by atoms with Crippen molar-refractivity contribution in [2.75, 3.05) is 18.5 Å². The van der Waals surface area contributed by atoms with Crippen LogP contribution in [0.15, 0.2) is 24.3 Å². The van der Waals surface area contributed by atoms with Crippen molar-refractivity contribution in [2.24, 2.45) is 5.92 Å². The van der Waals surface area contributed by atoms with E-state index in [1.165, 1.54) is 6.92 Å². The minimum absolute atomic E-state index is 0.00481. The monoisotopic (exact) mass is 494 g/mol. The van der Waals surface area contributed by atoms with Gasteiger partial charge in [-0.2, -0.15) is 0 Å². The topological polar surface area (TPSA) is 99.1 Å². The lowest BCUT2D eigenvalue weighted by molar-refractivity contribution is -0.135. The zero-order valence-electron chi connectivity index (χ0n) is 20.7. The first kappa shape index (κ1) is 26.8. The highest BCUT2D eigenvalue weighted by atomic mass is 28.4. The van der Waals surface area contributed by atoms with Gasteiger partial charge in [0.25, 0.3) is 5.91 Å². The molecule has 1 aromatic carbocycles. The first-order valence-electron chi connectivity index (χ1n) is 12.3. The molecule has 6 atom stereocenters. The second kappa shape index (κ2) is 11.3. The smallest absolute Gasteiger partial charge is 0.252 e. The minimum atomic E-state index is -3.09. The third kappa shape index (κ3) is 6.44. The molecule has 0 aliphatic carbocycles. The molecule has 0 saturated carbocycles. The van der Waals surface area contributed by atoms with Gasteiger partial charge in [-0.15, -0.1) is 0 Å². The van der Waals surface area contributed by atoms with Gasteiger partial charge in [0.15, 0.2) is 0 Å². The predicted molar refractivity (Wildman–Crippen MR) is 132 cm³/mol. The van der Waals surface area contributed by atoms with Crippen LogP contribution in [0.25, 0.3) is 0 Å². The van der Waals surface area contributed by atoms with E-state index >= 15 is 4.11 Å². The van der Waals surface area contributed by atoms with Crippen molar-refractivity contribution < 1.29 is 28.6 Å². The molecule has 2 heterocycles. The number of amides is 2. The van der Waals surface area contributed by atoms with Crippen molar-refractivity contribution in [3.63, 3.8) is 0 Å². The van der Waals surface area contributed by atoms with Crippen LogP contribution in [0.3, 0.4) is 0 Å². The highest BCUT2D eigenvalue weighted by molar-refractivity contribution is 6.72. The summed E-state index contributed by atoms with van der Waals surface area (Å²) < 4.78 is 21.7. The molecule has 2 aliphatic rings. The lowest BCUT2D eigenvalue weighted by Crippen LogP contribution is -2.42. The molecule has 190 valence electrons.